The molecule has 24 heavy (non-hydrogen) atoms. The molecule has 0 aliphatic carbocycles. The van der Waals surface area contributed by atoms with Gasteiger partial charge in [-0.3, -0.25) is 4.79 Å². The number of hydrogen-bond donors (Lipinski definition) is 1. The Hall–Kier alpha value is -0.443. The van der Waals surface area contributed by atoms with E-state index < -0.39 is 8.80 Å². The minimum atomic E-state index is -2.48. The zero-order valence-electron chi connectivity index (χ0n) is 16.3. The largest absolute Gasteiger partial charge is 1.00 e. The first-order chi connectivity index (χ1) is 10.6. The Kier molecular flexibility index (Phi) is 12.9. The highest BCUT2D eigenvalue weighted by molar-refractivity contribution is 6.60. The van der Waals surface area contributed by atoms with Gasteiger partial charge < -0.3 is 35.5 Å². The SMILES string of the molecule is C=C(C)C(=O)NCC(C)C[N+](C)(C)CCC[Si](OC)(OC)OC.[Cl-]. The standard InChI is InChI=1S/C16H34N2O4Si.ClH/c1-14(2)16(19)17-12-15(3)13-18(4,5)10-9-11-23(20-6,21-7)22-8;/h15H,1,9-13H2,2-8H3;1H. The molecule has 8 heteroatoms. The molecule has 0 saturated carbocycles. The van der Waals surface area contributed by atoms with Crippen LogP contribution in [0.15, 0.2) is 12.2 Å². The fourth-order valence-corrected chi connectivity index (χ4v) is 4.40. The fourth-order valence-electron chi connectivity index (χ4n) is 2.70. The van der Waals surface area contributed by atoms with E-state index in [-0.39, 0.29) is 18.3 Å². The first-order valence-corrected chi connectivity index (χ1v) is 9.95. The maximum atomic E-state index is 11.5. The summed E-state index contributed by atoms with van der Waals surface area (Å²) in [6, 6.07) is 0.805. The minimum Gasteiger partial charge on any atom is -1.00 e. The molecule has 0 aliphatic rings. The van der Waals surface area contributed by atoms with E-state index in [4.69, 9.17) is 13.3 Å². The Morgan fingerprint density at radius 3 is 2.12 bits per heavy atom. The summed E-state index contributed by atoms with van der Waals surface area (Å²) in [5.41, 5.74) is 0.547. The van der Waals surface area contributed by atoms with Crippen LogP contribution < -0.4 is 17.7 Å². The summed E-state index contributed by atoms with van der Waals surface area (Å²) in [5, 5.41) is 2.91. The van der Waals surface area contributed by atoms with Gasteiger partial charge in [-0.15, -0.1) is 0 Å². The molecule has 0 heterocycles. The van der Waals surface area contributed by atoms with Crippen LogP contribution in [0, 0.1) is 5.92 Å². The van der Waals surface area contributed by atoms with E-state index in [1.807, 2.05) is 0 Å². The van der Waals surface area contributed by atoms with Gasteiger partial charge in [0.25, 0.3) is 0 Å². The van der Waals surface area contributed by atoms with Crippen LogP contribution in [0.1, 0.15) is 20.3 Å². The molecule has 0 aliphatic heterocycles. The van der Waals surface area contributed by atoms with Gasteiger partial charge in [-0.1, -0.05) is 13.5 Å². The Morgan fingerprint density at radius 1 is 1.21 bits per heavy atom. The van der Waals surface area contributed by atoms with Crippen LogP contribution in [-0.4, -0.2) is 74.3 Å². The third kappa shape index (κ3) is 9.76. The molecule has 0 spiro atoms. The second kappa shape index (κ2) is 12.0. The lowest BCUT2D eigenvalue weighted by Gasteiger charge is -2.33. The van der Waals surface area contributed by atoms with Crippen LogP contribution in [0.25, 0.3) is 0 Å². The monoisotopic (exact) mass is 382 g/mol. The molecule has 0 aromatic rings. The molecule has 1 N–H and O–H groups in total. The van der Waals surface area contributed by atoms with Gasteiger partial charge in [-0.25, -0.2) is 0 Å². The zero-order chi connectivity index (χ0) is 18.1. The van der Waals surface area contributed by atoms with Crippen molar-refractivity contribution in [1.82, 2.24) is 5.32 Å². The molecular weight excluding hydrogens is 348 g/mol. The number of quaternary nitrogens is 1. The molecule has 0 bridgehead atoms. The van der Waals surface area contributed by atoms with Crippen molar-refractivity contribution in [2.75, 3.05) is 55.1 Å². The van der Waals surface area contributed by atoms with Gasteiger partial charge in [-0.05, 0) is 6.92 Å². The number of nitrogens with zero attached hydrogens (tertiary/aromatic N) is 1. The summed E-state index contributed by atoms with van der Waals surface area (Å²) in [6.45, 7) is 10.2. The van der Waals surface area contributed by atoms with Crippen molar-refractivity contribution >= 4 is 14.7 Å². The summed E-state index contributed by atoms with van der Waals surface area (Å²) in [6.07, 6.45) is 0.972. The Morgan fingerprint density at radius 2 is 1.71 bits per heavy atom. The second-order valence-corrected chi connectivity index (χ2v) is 9.93. The third-order valence-electron chi connectivity index (χ3n) is 3.98. The number of halogens is 1. The van der Waals surface area contributed by atoms with Gasteiger partial charge in [0.2, 0.25) is 5.91 Å². The van der Waals surface area contributed by atoms with Crippen molar-refractivity contribution < 1.29 is 35.0 Å². The topological polar surface area (TPSA) is 56.8 Å². The molecule has 1 atom stereocenters. The van der Waals surface area contributed by atoms with Crippen LogP contribution in [0.4, 0.5) is 0 Å². The number of amides is 1. The molecule has 0 aromatic heterocycles. The van der Waals surface area contributed by atoms with Gasteiger partial charge in [0.1, 0.15) is 0 Å². The van der Waals surface area contributed by atoms with Gasteiger partial charge in [-0.2, -0.15) is 0 Å². The molecule has 1 amide bonds. The quantitative estimate of drug-likeness (QED) is 0.258. The number of hydrogen-bond acceptors (Lipinski definition) is 4. The summed E-state index contributed by atoms with van der Waals surface area (Å²) >= 11 is 0. The van der Waals surface area contributed by atoms with E-state index in [1.165, 1.54) is 0 Å². The first-order valence-electron chi connectivity index (χ1n) is 8.02. The van der Waals surface area contributed by atoms with E-state index in [9.17, 15) is 4.79 Å². The highest BCUT2D eigenvalue weighted by atomic mass is 35.5. The lowest BCUT2D eigenvalue weighted by molar-refractivity contribution is -0.893. The normalized spacial score (nSPS) is 13.1. The summed E-state index contributed by atoms with van der Waals surface area (Å²) in [7, 11) is 6.86. The maximum absolute atomic E-state index is 11.5. The maximum Gasteiger partial charge on any atom is 0.500 e. The third-order valence-corrected chi connectivity index (χ3v) is 6.82. The molecule has 6 nitrogen and oxygen atoms in total. The lowest BCUT2D eigenvalue weighted by atomic mass is 10.1. The van der Waals surface area contributed by atoms with Crippen LogP contribution in [0.2, 0.25) is 6.04 Å². The van der Waals surface area contributed by atoms with Gasteiger partial charge in [0.05, 0.1) is 27.2 Å². The Bertz CT molecular complexity index is 382. The van der Waals surface area contributed by atoms with E-state index in [0.717, 1.165) is 30.0 Å². The van der Waals surface area contributed by atoms with E-state index >= 15 is 0 Å². The Balaban J connectivity index is 0. The van der Waals surface area contributed by atoms with Crippen molar-refractivity contribution in [1.29, 1.82) is 0 Å². The highest BCUT2D eigenvalue weighted by Gasteiger charge is 2.37. The van der Waals surface area contributed by atoms with E-state index in [2.05, 4.69) is 32.9 Å². The zero-order valence-corrected chi connectivity index (χ0v) is 18.0. The van der Waals surface area contributed by atoms with E-state index in [1.54, 1.807) is 28.3 Å². The molecule has 144 valence electrons. The molecule has 0 radical (unpaired) electrons. The minimum absolute atomic E-state index is 0. The van der Waals surface area contributed by atoms with Crippen molar-refractivity contribution in [3.63, 3.8) is 0 Å². The van der Waals surface area contributed by atoms with Crippen molar-refractivity contribution in [2.45, 2.75) is 26.3 Å². The number of carbonyl (C=O) groups excluding carboxylic acids is 1. The second-order valence-electron chi connectivity index (χ2n) is 6.84. The number of nitrogens with one attached hydrogen (secondary N) is 1. The molecule has 0 fully saturated rings. The lowest BCUT2D eigenvalue weighted by Crippen LogP contribution is -3.00. The average molecular weight is 383 g/mol. The summed E-state index contributed by atoms with van der Waals surface area (Å²) < 4.78 is 17.2. The van der Waals surface area contributed by atoms with Crippen LogP contribution in [0.3, 0.4) is 0 Å². The van der Waals surface area contributed by atoms with Crippen LogP contribution >= 0.6 is 0 Å². The molecule has 1 unspecified atom stereocenters. The van der Waals surface area contributed by atoms with Gasteiger partial charge in [0.15, 0.2) is 0 Å². The van der Waals surface area contributed by atoms with E-state index in [0.29, 0.717) is 18.0 Å². The average Bonchev–Trinajstić information content (AvgIpc) is 2.49. The number of carbonyl (C=O) groups is 1. The van der Waals surface area contributed by atoms with Gasteiger partial charge in [0, 0.05) is 51.8 Å². The Labute approximate surface area is 154 Å². The van der Waals surface area contributed by atoms with Crippen molar-refractivity contribution in [3.05, 3.63) is 12.2 Å². The van der Waals surface area contributed by atoms with Crippen LogP contribution in [-0.2, 0) is 18.1 Å². The fraction of sp³-hybridized carbons (Fsp3) is 0.812. The number of rotatable bonds is 12. The summed E-state index contributed by atoms with van der Waals surface area (Å²) in [5.74, 6) is 0.320. The smallest absolute Gasteiger partial charge is 0.500 e. The van der Waals surface area contributed by atoms with Gasteiger partial charge >= 0.3 is 8.80 Å². The summed E-state index contributed by atoms with van der Waals surface area (Å²) in [4.78, 5) is 11.5. The predicted molar refractivity (Wildman–Crippen MR) is 95.0 cm³/mol. The molecular formula is C16H35ClN2O4Si. The van der Waals surface area contributed by atoms with Crippen LogP contribution in [0.5, 0.6) is 0 Å². The molecule has 0 aromatic carbocycles. The van der Waals surface area contributed by atoms with Crippen molar-refractivity contribution in [3.8, 4) is 0 Å². The first kappa shape index (κ1) is 25.8. The highest BCUT2D eigenvalue weighted by Crippen LogP contribution is 2.17. The van der Waals surface area contributed by atoms with Crippen molar-refractivity contribution in [2.24, 2.45) is 5.92 Å². The molecule has 0 saturated heterocycles. The molecule has 0 rings (SSSR count). The predicted octanol–water partition coefficient (Wildman–Crippen LogP) is -1.34.